The molecule has 2 atom stereocenters. The van der Waals surface area contributed by atoms with Gasteiger partial charge in [0.25, 0.3) is 5.96 Å². The SMILES string of the molecule is COC(=O)[C@@](C)(CCCN=C(N)N[N+](=O)[O-])NC(=O)[C@]1(C)CCCN1C(=O)CNC(=O)[C]1[CH][CH][CH][CH]1. The molecule has 0 aromatic rings. The minimum Gasteiger partial charge on any atom is -0.467 e. The van der Waals surface area contributed by atoms with Gasteiger partial charge in [0.2, 0.25) is 17.7 Å². The number of guanidine groups is 1. The Kier molecular flexibility index (Phi) is 9.99. The number of ether oxygens (including phenoxy) is 1. The van der Waals surface area contributed by atoms with E-state index in [1.54, 1.807) is 38.0 Å². The molecule has 1 heterocycles. The van der Waals surface area contributed by atoms with Crippen molar-refractivity contribution in [2.75, 3.05) is 26.7 Å². The number of nitrogens with zero attached hydrogens (tertiary/aromatic N) is 3. The molecular weight excluding hydrogens is 474 g/mol. The van der Waals surface area contributed by atoms with Crippen LogP contribution in [0.1, 0.15) is 39.5 Å². The molecule has 14 nitrogen and oxygen atoms in total. The third-order valence-electron chi connectivity index (χ3n) is 6.10. The van der Waals surface area contributed by atoms with E-state index < -0.39 is 39.8 Å². The summed E-state index contributed by atoms with van der Waals surface area (Å²) in [4.78, 5) is 66.6. The first-order valence-electron chi connectivity index (χ1n) is 11.4. The summed E-state index contributed by atoms with van der Waals surface area (Å²) in [6, 6.07) is 0. The third kappa shape index (κ3) is 7.28. The molecule has 1 aliphatic heterocycles. The molecule has 197 valence electrons. The molecule has 1 saturated carbocycles. The van der Waals surface area contributed by atoms with E-state index in [1.807, 2.05) is 0 Å². The maximum absolute atomic E-state index is 13.4. The van der Waals surface area contributed by atoms with Gasteiger partial charge >= 0.3 is 5.97 Å². The zero-order chi connectivity index (χ0) is 26.9. The first-order valence-corrected chi connectivity index (χ1v) is 11.4. The van der Waals surface area contributed by atoms with Crippen molar-refractivity contribution < 1.29 is 28.9 Å². The lowest BCUT2D eigenvalue weighted by molar-refractivity contribution is -0.525. The Morgan fingerprint density at radius 1 is 1.31 bits per heavy atom. The Morgan fingerprint density at radius 3 is 2.58 bits per heavy atom. The van der Waals surface area contributed by atoms with Gasteiger partial charge in [-0.05, 0) is 65.2 Å². The number of carbonyl (C=O) groups excluding carboxylic acids is 4. The molecule has 0 spiro atoms. The molecule has 1 aliphatic carbocycles. The van der Waals surface area contributed by atoms with Crippen LogP contribution in [0, 0.1) is 41.7 Å². The van der Waals surface area contributed by atoms with Gasteiger partial charge in [-0.3, -0.25) is 14.4 Å². The number of amides is 3. The number of esters is 1. The van der Waals surface area contributed by atoms with Gasteiger partial charge in [0.15, 0.2) is 5.03 Å². The molecule has 3 amide bonds. The Morgan fingerprint density at radius 2 is 1.97 bits per heavy atom. The van der Waals surface area contributed by atoms with Gasteiger partial charge in [-0.1, -0.05) is 5.43 Å². The van der Waals surface area contributed by atoms with E-state index in [2.05, 4.69) is 15.6 Å². The Bertz CT molecular complexity index is 890. The minimum absolute atomic E-state index is 0.0556. The summed E-state index contributed by atoms with van der Waals surface area (Å²) >= 11 is 0. The number of nitrogens with two attached hydrogens (primary N) is 1. The highest BCUT2D eigenvalue weighted by atomic mass is 16.7. The predicted octanol–water partition coefficient (Wildman–Crippen LogP) is -1.19. The highest BCUT2D eigenvalue weighted by molar-refractivity contribution is 5.99. The normalized spacial score (nSPS) is 22.0. The van der Waals surface area contributed by atoms with Crippen LogP contribution >= 0.6 is 0 Å². The summed E-state index contributed by atoms with van der Waals surface area (Å²) in [5.41, 5.74) is 4.41. The van der Waals surface area contributed by atoms with E-state index in [0.717, 1.165) is 0 Å². The molecule has 2 rings (SSSR count). The number of methoxy groups -OCH3 is 1. The number of aliphatic imine (C=N–C) groups is 1. The maximum Gasteiger partial charge on any atom is 0.331 e. The number of hydrogen-bond donors (Lipinski definition) is 4. The van der Waals surface area contributed by atoms with E-state index in [4.69, 9.17) is 10.5 Å². The smallest absolute Gasteiger partial charge is 0.331 e. The second kappa shape index (κ2) is 12.5. The van der Waals surface area contributed by atoms with Crippen LogP contribution < -0.4 is 21.8 Å². The number of nitrogens with one attached hydrogen (secondary N) is 3. The number of hydrazine groups is 1. The number of hydrogen-bond acceptors (Lipinski definition) is 8. The van der Waals surface area contributed by atoms with E-state index >= 15 is 0 Å². The fourth-order valence-corrected chi connectivity index (χ4v) is 4.06. The van der Waals surface area contributed by atoms with Gasteiger partial charge in [0.1, 0.15) is 11.1 Å². The molecule has 2 aliphatic rings. The summed E-state index contributed by atoms with van der Waals surface area (Å²) in [5, 5.41) is 14.8. The molecule has 0 aromatic carbocycles. The minimum atomic E-state index is -1.45. The van der Waals surface area contributed by atoms with Crippen LogP contribution in [-0.2, 0) is 23.9 Å². The van der Waals surface area contributed by atoms with Crippen LogP contribution in [0.2, 0.25) is 0 Å². The van der Waals surface area contributed by atoms with Gasteiger partial charge in [0, 0.05) is 13.1 Å². The topological polar surface area (TPSA) is 198 Å². The van der Waals surface area contributed by atoms with Gasteiger partial charge in [-0.15, -0.1) is 0 Å². The highest BCUT2D eigenvalue weighted by Crippen LogP contribution is 2.31. The Labute approximate surface area is 209 Å². The number of likely N-dealkylation sites (tertiary alicyclic amines) is 1. The lowest BCUT2D eigenvalue weighted by Gasteiger charge is -2.37. The molecule has 14 heteroatoms. The molecular formula is C22H32N7O7. The van der Waals surface area contributed by atoms with E-state index in [9.17, 15) is 29.3 Å². The number of rotatable bonds is 11. The van der Waals surface area contributed by atoms with Crippen molar-refractivity contribution in [2.45, 2.75) is 50.6 Å². The summed E-state index contributed by atoms with van der Waals surface area (Å²) in [6.07, 6.45) is 7.95. The summed E-state index contributed by atoms with van der Waals surface area (Å²) in [6.45, 7) is 3.20. The van der Waals surface area contributed by atoms with Crippen LogP contribution in [0.3, 0.4) is 0 Å². The van der Waals surface area contributed by atoms with Crippen LogP contribution in [0.25, 0.3) is 0 Å². The molecule has 0 unspecified atom stereocenters. The Hall–Kier alpha value is -3.45. The first kappa shape index (κ1) is 28.8. The zero-order valence-corrected chi connectivity index (χ0v) is 20.5. The van der Waals surface area contributed by atoms with Crippen LogP contribution in [0.15, 0.2) is 4.99 Å². The third-order valence-corrected chi connectivity index (χ3v) is 6.10. The van der Waals surface area contributed by atoms with Crippen molar-refractivity contribution in [1.29, 1.82) is 0 Å². The van der Waals surface area contributed by atoms with E-state index in [-0.39, 0.29) is 31.9 Å². The average molecular weight is 507 g/mol. The van der Waals surface area contributed by atoms with Crippen molar-refractivity contribution in [3.8, 4) is 0 Å². The monoisotopic (exact) mass is 506 g/mol. The maximum atomic E-state index is 13.4. The molecule has 5 N–H and O–H groups in total. The van der Waals surface area contributed by atoms with Crippen molar-refractivity contribution >= 4 is 29.7 Å². The quantitative estimate of drug-likeness (QED) is 0.0664. The second-order valence-electron chi connectivity index (χ2n) is 8.80. The summed E-state index contributed by atoms with van der Waals surface area (Å²) in [7, 11) is 1.19. The zero-order valence-electron chi connectivity index (χ0n) is 20.5. The van der Waals surface area contributed by atoms with E-state index in [0.29, 0.717) is 25.3 Å². The first-order chi connectivity index (χ1) is 16.9. The van der Waals surface area contributed by atoms with Crippen molar-refractivity contribution in [3.63, 3.8) is 0 Å². The van der Waals surface area contributed by atoms with Crippen LogP contribution in [0.5, 0.6) is 0 Å². The van der Waals surface area contributed by atoms with Gasteiger partial charge < -0.3 is 26.0 Å². The molecule has 2 fully saturated rings. The van der Waals surface area contributed by atoms with Gasteiger partial charge in [-0.2, -0.15) is 0 Å². The molecule has 1 saturated heterocycles. The summed E-state index contributed by atoms with van der Waals surface area (Å²) < 4.78 is 4.87. The van der Waals surface area contributed by atoms with E-state index in [1.165, 1.54) is 18.9 Å². The lowest BCUT2D eigenvalue weighted by Crippen LogP contribution is -2.63. The molecule has 36 heavy (non-hydrogen) atoms. The molecule has 5 radical (unpaired) electrons. The average Bonchev–Trinajstić information content (AvgIpc) is 3.50. The lowest BCUT2D eigenvalue weighted by atomic mass is 9.91. The second-order valence-corrected chi connectivity index (χ2v) is 8.80. The largest absolute Gasteiger partial charge is 0.467 e. The van der Waals surface area contributed by atoms with Crippen molar-refractivity contribution in [1.82, 2.24) is 21.0 Å². The van der Waals surface area contributed by atoms with Crippen molar-refractivity contribution in [2.24, 2.45) is 10.7 Å². The Balaban J connectivity index is 2.02. The number of carbonyl (C=O) groups is 4. The van der Waals surface area contributed by atoms with Gasteiger partial charge in [0.05, 0.1) is 19.6 Å². The summed E-state index contributed by atoms with van der Waals surface area (Å²) in [5.74, 6) is -2.01. The number of nitro groups is 1. The predicted molar refractivity (Wildman–Crippen MR) is 127 cm³/mol. The molecule has 0 aromatic heterocycles. The van der Waals surface area contributed by atoms with Crippen LogP contribution in [0.4, 0.5) is 0 Å². The fraction of sp³-hybridized carbons (Fsp3) is 0.545. The van der Waals surface area contributed by atoms with Crippen LogP contribution in [-0.4, -0.2) is 77.4 Å². The van der Waals surface area contributed by atoms with Gasteiger partial charge in [-0.25, -0.2) is 19.9 Å². The van der Waals surface area contributed by atoms with Crippen molar-refractivity contribution in [3.05, 3.63) is 41.7 Å². The molecule has 0 bridgehead atoms. The highest BCUT2D eigenvalue weighted by Gasteiger charge is 2.48. The standard InChI is InChI=1S/C22H32N7O7/c1-21(19(33)36-3,10-6-12-24-20(23)27-29(34)35)26-18(32)22(2)11-7-13-28(22)16(30)14-25-17(31)15-8-4-5-9-15/h4-5,8-9H,6-7,10-14H2,1-3H3,(H,25,31)(H,26,32)(H3,23,24,27)/t21-,22+/m1/s1. The fourth-order valence-electron chi connectivity index (χ4n) is 4.06.